The number of carbonyl (C=O) groups excluding carboxylic acids is 1. The highest BCUT2D eigenvalue weighted by molar-refractivity contribution is 7.89. The van der Waals surface area contributed by atoms with E-state index < -0.39 is 10.0 Å². The largest absolute Gasteiger partial charge is 0.312 e. The molecule has 6 nitrogen and oxygen atoms in total. The number of rotatable bonds is 4. The van der Waals surface area contributed by atoms with Crippen LogP contribution in [0.2, 0.25) is 0 Å². The van der Waals surface area contributed by atoms with Crippen LogP contribution >= 0.6 is 11.3 Å². The minimum atomic E-state index is -3.58. The maximum absolute atomic E-state index is 13.3. The van der Waals surface area contributed by atoms with E-state index in [2.05, 4.69) is 6.07 Å². The van der Waals surface area contributed by atoms with Gasteiger partial charge in [0.2, 0.25) is 15.9 Å². The number of fused-ring (bicyclic) bond motifs is 1. The van der Waals surface area contributed by atoms with Gasteiger partial charge in [0.15, 0.2) is 0 Å². The van der Waals surface area contributed by atoms with Gasteiger partial charge in [0.1, 0.15) is 0 Å². The summed E-state index contributed by atoms with van der Waals surface area (Å²) in [4.78, 5) is 18.7. The topological polar surface area (TPSA) is 70.6 Å². The molecule has 2 aromatic carbocycles. The predicted octanol–water partition coefficient (Wildman–Crippen LogP) is 3.99. The third-order valence-electron chi connectivity index (χ3n) is 5.90. The SMILES string of the molecule is O=C1CCCN1c1ccc(S(=O)(=O)N2CCC[C@@H](c3nc4ccccc4s3)C2)cc1. The molecule has 0 N–H and O–H groups in total. The van der Waals surface area contributed by atoms with Crippen LogP contribution in [0.4, 0.5) is 5.69 Å². The molecule has 0 spiro atoms. The highest BCUT2D eigenvalue weighted by Gasteiger charge is 2.32. The number of nitrogens with zero attached hydrogens (tertiary/aromatic N) is 3. The number of carbonyl (C=O) groups is 1. The summed E-state index contributed by atoms with van der Waals surface area (Å²) >= 11 is 1.66. The average molecular weight is 442 g/mol. The van der Waals surface area contributed by atoms with E-state index in [1.807, 2.05) is 18.2 Å². The smallest absolute Gasteiger partial charge is 0.243 e. The van der Waals surface area contributed by atoms with Crippen molar-refractivity contribution in [3.8, 4) is 0 Å². The molecule has 3 aromatic rings. The summed E-state index contributed by atoms with van der Waals surface area (Å²) in [5.74, 6) is 0.215. The third kappa shape index (κ3) is 3.53. The van der Waals surface area contributed by atoms with Crippen molar-refractivity contribution in [2.45, 2.75) is 36.5 Å². The van der Waals surface area contributed by atoms with Crippen LogP contribution in [0.5, 0.6) is 0 Å². The van der Waals surface area contributed by atoms with Gasteiger partial charge in [0, 0.05) is 37.7 Å². The number of para-hydroxylation sites is 1. The highest BCUT2D eigenvalue weighted by atomic mass is 32.2. The van der Waals surface area contributed by atoms with Gasteiger partial charge in [-0.15, -0.1) is 11.3 Å². The number of amides is 1. The molecule has 30 heavy (non-hydrogen) atoms. The molecular weight excluding hydrogens is 418 g/mol. The molecule has 1 atom stereocenters. The van der Waals surface area contributed by atoms with Gasteiger partial charge in [-0.2, -0.15) is 4.31 Å². The second-order valence-corrected chi connectivity index (χ2v) is 10.9. The predicted molar refractivity (Wildman–Crippen MR) is 118 cm³/mol. The van der Waals surface area contributed by atoms with Crippen molar-refractivity contribution >= 4 is 43.2 Å². The summed E-state index contributed by atoms with van der Waals surface area (Å²) in [6.07, 6.45) is 3.17. The highest BCUT2D eigenvalue weighted by Crippen LogP contribution is 2.35. The first-order valence-electron chi connectivity index (χ1n) is 10.3. The van der Waals surface area contributed by atoms with Gasteiger partial charge in [-0.3, -0.25) is 4.79 Å². The first-order valence-corrected chi connectivity index (χ1v) is 12.5. The van der Waals surface area contributed by atoms with E-state index >= 15 is 0 Å². The van der Waals surface area contributed by atoms with Crippen LogP contribution in [0, 0.1) is 0 Å². The molecule has 0 unspecified atom stereocenters. The lowest BCUT2D eigenvalue weighted by atomic mass is 10.0. The maximum Gasteiger partial charge on any atom is 0.243 e. The van der Waals surface area contributed by atoms with Crippen LogP contribution in [-0.4, -0.2) is 43.2 Å². The molecule has 0 bridgehead atoms. The van der Waals surface area contributed by atoms with Crippen LogP contribution in [-0.2, 0) is 14.8 Å². The van der Waals surface area contributed by atoms with Gasteiger partial charge in [0.05, 0.1) is 20.1 Å². The summed E-state index contributed by atoms with van der Waals surface area (Å²) in [7, 11) is -3.58. The summed E-state index contributed by atoms with van der Waals surface area (Å²) in [5.41, 5.74) is 1.74. The quantitative estimate of drug-likeness (QED) is 0.614. The summed E-state index contributed by atoms with van der Waals surface area (Å²) in [5, 5.41) is 1.01. The lowest BCUT2D eigenvalue weighted by molar-refractivity contribution is -0.117. The van der Waals surface area contributed by atoms with Crippen LogP contribution in [0.25, 0.3) is 10.2 Å². The van der Waals surface area contributed by atoms with Crippen molar-refractivity contribution in [1.82, 2.24) is 9.29 Å². The van der Waals surface area contributed by atoms with Crippen molar-refractivity contribution in [2.24, 2.45) is 0 Å². The standard InChI is InChI=1S/C22H23N3O3S2/c26-21-8-4-14-25(21)17-9-11-18(12-10-17)30(27,28)24-13-3-5-16(15-24)22-23-19-6-1-2-7-20(19)29-22/h1-2,6-7,9-12,16H,3-5,8,13-15H2/t16-/m1/s1. The molecule has 1 amide bonds. The van der Waals surface area contributed by atoms with E-state index in [0.29, 0.717) is 26.1 Å². The maximum atomic E-state index is 13.3. The fourth-order valence-corrected chi connectivity index (χ4v) is 6.91. The number of sulfonamides is 1. The summed E-state index contributed by atoms with van der Waals surface area (Å²) < 4.78 is 29.2. The molecule has 3 heterocycles. The number of hydrogen-bond donors (Lipinski definition) is 0. The molecule has 1 aromatic heterocycles. The van der Waals surface area contributed by atoms with E-state index in [4.69, 9.17) is 4.98 Å². The Morgan fingerprint density at radius 2 is 1.80 bits per heavy atom. The fourth-order valence-electron chi connectivity index (χ4n) is 4.30. The fraction of sp³-hybridized carbons (Fsp3) is 0.364. The lowest BCUT2D eigenvalue weighted by Crippen LogP contribution is -2.39. The molecule has 2 fully saturated rings. The minimum absolute atomic E-state index is 0.0975. The first kappa shape index (κ1) is 19.7. The van der Waals surface area contributed by atoms with Crippen molar-refractivity contribution in [3.63, 3.8) is 0 Å². The molecular formula is C22H23N3O3S2. The molecule has 2 saturated heterocycles. The molecule has 5 rings (SSSR count). The lowest BCUT2D eigenvalue weighted by Gasteiger charge is -2.31. The summed E-state index contributed by atoms with van der Waals surface area (Å²) in [6, 6.07) is 14.8. The average Bonchev–Trinajstić information content (AvgIpc) is 3.40. The molecule has 0 aliphatic carbocycles. The zero-order valence-corrected chi connectivity index (χ0v) is 18.2. The third-order valence-corrected chi connectivity index (χ3v) is 8.98. The van der Waals surface area contributed by atoms with Gasteiger partial charge < -0.3 is 4.90 Å². The van der Waals surface area contributed by atoms with Crippen molar-refractivity contribution in [2.75, 3.05) is 24.5 Å². The minimum Gasteiger partial charge on any atom is -0.312 e. The summed E-state index contributed by atoms with van der Waals surface area (Å²) in [6.45, 7) is 1.67. The van der Waals surface area contributed by atoms with Crippen molar-refractivity contribution in [1.29, 1.82) is 0 Å². The van der Waals surface area contributed by atoms with E-state index in [1.165, 1.54) is 0 Å². The number of benzene rings is 2. The molecule has 8 heteroatoms. The monoisotopic (exact) mass is 441 g/mol. The Labute approximate surface area is 180 Å². The van der Waals surface area contributed by atoms with E-state index in [-0.39, 0.29) is 16.7 Å². The Bertz CT molecular complexity index is 1150. The second kappa shape index (κ2) is 7.76. The van der Waals surface area contributed by atoms with E-state index in [9.17, 15) is 13.2 Å². The Morgan fingerprint density at radius 1 is 1.00 bits per heavy atom. The second-order valence-electron chi connectivity index (χ2n) is 7.86. The molecule has 0 radical (unpaired) electrons. The molecule has 156 valence electrons. The Hall–Kier alpha value is -2.29. The first-order chi connectivity index (χ1) is 14.5. The zero-order chi connectivity index (χ0) is 20.7. The van der Waals surface area contributed by atoms with E-state index in [1.54, 1.807) is 44.8 Å². The van der Waals surface area contributed by atoms with Crippen molar-refractivity contribution < 1.29 is 13.2 Å². The number of piperidine rings is 1. The molecule has 2 aliphatic heterocycles. The number of hydrogen-bond acceptors (Lipinski definition) is 5. The van der Waals surface area contributed by atoms with Crippen LogP contribution in [0.15, 0.2) is 53.4 Å². The normalized spacial score (nSPS) is 20.9. The van der Waals surface area contributed by atoms with Crippen LogP contribution < -0.4 is 4.90 Å². The number of aromatic nitrogens is 1. The van der Waals surface area contributed by atoms with Gasteiger partial charge in [-0.1, -0.05) is 12.1 Å². The van der Waals surface area contributed by atoms with Crippen molar-refractivity contribution in [3.05, 3.63) is 53.5 Å². The van der Waals surface area contributed by atoms with Gasteiger partial charge in [-0.25, -0.2) is 13.4 Å². The van der Waals surface area contributed by atoms with E-state index in [0.717, 1.165) is 40.2 Å². The number of anilines is 1. The van der Waals surface area contributed by atoms with Gasteiger partial charge in [0.25, 0.3) is 0 Å². The zero-order valence-electron chi connectivity index (χ0n) is 16.5. The number of thiazole rings is 1. The van der Waals surface area contributed by atoms with Crippen LogP contribution in [0.1, 0.15) is 36.6 Å². The Kier molecular flexibility index (Phi) is 5.08. The molecule has 2 aliphatic rings. The van der Waals surface area contributed by atoms with Crippen LogP contribution in [0.3, 0.4) is 0 Å². The molecule has 0 saturated carbocycles. The Balaban J connectivity index is 1.36. The van der Waals surface area contributed by atoms with Gasteiger partial charge in [-0.05, 0) is 55.7 Å². The Morgan fingerprint density at radius 3 is 2.53 bits per heavy atom. The van der Waals surface area contributed by atoms with Gasteiger partial charge >= 0.3 is 0 Å².